The fraction of sp³-hybridized carbons (Fsp3) is 0.179. The van der Waals surface area contributed by atoms with Gasteiger partial charge in [0.15, 0.2) is 18.7 Å². The van der Waals surface area contributed by atoms with Gasteiger partial charge in [-0.05, 0) is 42.9 Å². The summed E-state index contributed by atoms with van der Waals surface area (Å²) in [6.45, 7) is 0.517. The van der Waals surface area contributed by atoms with E-state index in [2.05, 4.69) is 10.7 Å². The van der Waals surface area contributed by atoms with Gasteiger partial charge < -0.3 is 15.4 Å². The van der Waals surface area contributed by atoms with Crippen LogP contribution in [0.5, 0.6) is 5.88 Å². The summed E-state index contributed by atoms with van der Waals surface area (Å²) in [5, 5.41) is 1.64. The van der Waals surface area contributed by atoms with E-state index in [1.54, 1.807) is 6.07 Å². The molecule has 1 heterocycles. The third-order valence-corrected chi connectivity index (χ3v) is 5.83. The largest absolute Gasteiger partial charge is 0.467 e. The Bertz CT molecular complexity index is 1300. The van der Waals surface area contributed by atoms with Gasteiger partial charge in [0.1, 0.15) is 0 Å². The van der Waals surface area contributed by atoms with E-state index < -0.39 is 6.10 Å². The number of nitrogens with zero attached hydrogens (tertiary/aromatic N) is 2. The fourth-order valence-corrected chi connectivity index (χ4v) is 3.97. The number of nitrogens with two attached hydrogens (primary N) is 1. The van der Waals surface area contributed by atoms with Gasteiger partial charge in [0.05, 0.1) is 5.52 Å². The van der Waals surface area contributed by atoms with Crippen LogP contribution in [0.2, 0.25) is 5.02 Å². The maximum absolute atomic E-state index is 11.8. The van der Waals surface area contributed by atoms with Gasteiger partial charge in [-0.1, -0.05) is 54.1 Å². The van der Waals surface area contributed by atoms with Gasteiger partial charge in [-0.25, -0.2) is 4.98 Å². The van der Waals surface area contributed by atoms with E-state index in [4.69, 9.17) is 16.3 Å². The van der Waals surface area contributed by atoms with Crippen molar-refractivity contribution >= 4 is 40.8 Å². The van der Waals surface area contributed by atoms with Gasteiger partial charge in [-0.3, -0.25) is 9.59 Å². The topological polar surface area (TPSA) is 85.5 Å². The number of fused-ring (bicyclic) bond motifs is 1. The number of para-hydroxylation sites is 1. The number of benzene rings is 3. The number of aromatic nitrogens is 1. The van der Waals surface area contributed by atoms with Crippen LogP contribution in [0.3, 0.4) is 0 Å². The van der Waals surface area contributed by atoms with Crippen molar-refractivity contribution in [3.05, 3.63) is 89.4 Å². The van der Waals surface area contributed by atoms with E-state index in [0.717, 1.165) is 40.3 Å². The second-order valence-corrected chi connectivity index (χ2v) is 8.12. The Morgan fingerprint density at radius 1 is 1.00 bits per heavy atom. The Labute approximate surface area is 210 Å². The van der Waals surface area contributed by atoms with E-state index >= 15 is 0 Å². The number of aldehydes is 2. The van der Waals surface area contributed by atoms with Gasteiger partial charge in [0.25, 0.3) is 0 Å². The predicted octanol–water partition coefficient (Wildman–Crippen LogP) is 5.42. The maximum Gasteiger partial charge on any atom is 0.214 e. The van der Waals surface area contributed by atoms with Crippen LogP contribution in [0, 0.1) is 0 Å². The number of hydrogen-bond acceptors (Lipinski definition) is 6. The minimum absolute atomic E-state index is 0.408. The van der Waals surface area contributed by atoms with Crippen molar-refractivity contribution in [2.24, 2.45) is 5.73 Å². The average Bonchev–Trinajstić information content (AvgIpc) is 2.91. The van der Waals surface area contributed by atoms with Gasteiger partial charge in [0, 0.05) is 53.3 Å². The third-order valence-electron chi connectivity index (χ3n) is 5.50. The molecule has 35 heavy (non-hydrogen) atoms. The quantitative estimate of drug-likeness (QED) is 0.316. The van der Waals surface area contributed by atoms with Crippen molar-refractivity contribution in [2.75, 3.05) is 25.5 Å². The highest BCUT2D eigenvalue weighted by molar-refractivity contribution is 6.33. The summed E-state index contributed by atoms with van der Waals surface area (Å²) < 4.78 is 5.81. The molecule has 0 amide bonds. The first-order chi connectivity index (χ1) is 17.1. The molecule has 2 N–H and O–H groups in total. The molecule has 1 atom stereocenters. The van der Waals surface area contributed by atoms with E-state index in [9.17, 15) is 9.59 Å². The molecule has 7 heteroatoms. The van der Waals surface area contributed by atoms with Gasteiger partial charge in [-0.15, -0.1) is 0 Å². The minimum atomic E-state index is -0.650. The molecule has 4 rings (SSSR count). The molecular weight excluding hydrogens is 462 g/mol. The number of rotatable bonds is 9. The van der Waals surface area contributed by atoms with Crippen molar-refractivity contribution in [2.45, 2.75) is 12.5 Å². The van der Waals surface area contributed by atoms with Crippen LogP contribution in [0.1, 0.15) is 16.8 Å². The van der Waals surface area contributed by atoms with Crippen LogP contribution >= 0.6 is 11.6 Å². The first kappa shape index (κ1) is 25.9. The number of pyridine rings is 1. The molecule has 180 valence electrons. The lowest BCUT2D eigenvalue weighted by atomic mass is 10.0. The molecule has 0 saturated carbocycles. The van der Waals surface area contributed by atoms with Crippen molar-refractivity contribution in [3.8, 4) is 17.0 Å². The summed E-state index contributed by atoms with van der Waals surface area (Å²) in [6.07, 6.45) is 1.41. The first-order valence-corrected chi connectivity index (χ1v) is 11.6. The summed E-state index contributed by atoms with van der Waals surface area (Å²) in [5.41, 5.74) is 8.38. The second kappa shape index (κ2) is 12.6. The van der Waals surface area contributed by atoms with Crippen molar-refractivity contribution in [1.29, 1.82) is 0 Å². The van der Waals surface area contributed by atoms with Crippen LogP contribution < -0.4 is 15.4 Å². The third kappa shape index (κ3) is 6.44. The molecule has 6 nitrogen and oxygen atoms in total. The predicted molar refractivity (Wildman–Crippen MR) is 142 cm³/mol. The van der Waals surface area contributed by atoms with E-state index in [-0.39, 0.29) is 0 Å². The lowest BCUT2D eigenvalue weighted by Crippen LogP contribution is -2.28. The Balaban J connectivity index is 0.00000167. The number of anilines is 1. The molecule has 0 aliphatic rings. The molecule has 0 bridgehead atoms. The Hall–Kier alpha value is -3.74. The number of halogens is 1. The van der Waals surface area contributed by atoms with Crippen LogP contribution in [-0.4, -0.2) is 44.3 Å². The molecule has 0 aliphatic carbocycles. The lowest BCUT2D eigenvalue weighted by molar-refractivity contribution is -0.113. The van der Waals surface area contributed by atoms with E-state index in [1.807, 2.05) is 84.7 Å². The zero-order chi connectivity index (χ0) is 25.2. The van der Waals surface area contributed by atoms with Crippen LogP contribution in [0.4, 0.5) is 5.69 Å². The van der Waals surface area contributed by atoms with Gasteiger partial charge in [-0.2, -0.15) is 0 Å². The summed E-state index contributed by atoms with van der Waals surface area (Å²) in [6, 6.07) is 24.6. The molecule has 0 radical (unpaired) electrons. The number of carbonyl (C=O) groups is 2. The minimum Gasteiger partial charge on any atom is -0.467 e. The smallest absolute Gasteiger partial charge is 0.214 e. The normalized spacial score (nSPS) is 11.2. The molecule has 1 unspecified atom stereocenters. The SMILES string of the molecule is CN.CN(CCC(C=O)Oc1ccc2ccccc2n1)c1ccc(-c2ccccc2Cl)cc1C=O. The summed E-state index contributed by atoms with van der Waals surface area (Å²) in [4.78, 5) is 29.8. The Morgan fingerprint density at radius 2 is 1.74 bits per heavy atom. The second-order valence-electron chi connectivity index (χ2n) is 7.72. The molecule has 1 aromatic heterocycles. The summed E-state index contributed by atoms with van der Waals surface area (Å²) in [5.74, 6) is 0.408. The summed E-state index contributed by atoms with van der Waals surface area (Å²) in [7, 11) is 3.38. The fourth-order valence-electron chi connectivity index (χ4n) is 3.72. The average molecular weight is 490 g/mol. The standard InChI is InChI=1S/C27H23ClN2O3.CH5N/c1-30(26-12-10-20(16-21(26)17-31)23-7-3-4-8-24(23)28)15-14-22(18-32)33-27-13-11-19-6-2-5-9-25(19)29-27;1-2/h2-13,16-18,22H,14-15H2,1H3;2H2,1H3. The summed E-state index contributed by atoms with van der Waals surface area (Å²) >= 11 is 6.31. The zero-order valence-electron chi connectivity index (χ0n) is 19.7. The molecule has 0 saturated heterocycles. The first-order valence-electron chi connectivity index (χ1n) is 11.2. The monoisotopic (exact) mass is 489 g/mol. The molecule has 0 aliphatic heterocycles. The van der Waals surface area contributed by atoms with E-state index in [1.165, 1.54) is 7.05 Å². The van der Waals surface area contributed by atoms with Gasteiger partial charge in [0.2, 0.25) is 5.88 Å². The van der Waals surface area contributed by atoms with Crippen molar-refractivity contribution < 1.29 is 14.3 Å². The number of carbonyl (C=O) groups excluding carboxylic acids is 2. The highest BCUT2D eigenvalue weighted by Gasteiger charge is 2.15. The van der Waals surface area contributed by atoms with Gasteiger partial charge >= 0.3 is 0 Å². The Morgan fingerprint density at radius 3 is 2.49 bits per heavy atom. The van der Waals surface area contributed by atoms with Crippen LogP contribution in [0.15, 0.2) is 78.9 Å². The molecular formula is C28H28ClN3O3. The van der Waals surface area contributed by atoms with Crippen molar-refractivity contribution in [3.63, 3.8) is 0 Å². The lowest BCUT2D eigenvalue weighted by Gasteiger charge is -2.23. The highest BCUT2D eigenvalue weighted by Crippen LogP contribution is 2.31. The number of ether oxygens (including phenoxy) is 1. The van der Waals surface area contributed by atoms with Crippen LogP contribution in [0.25, 0.3) is 22.0 Å². The molecule has 4 aromatic rings. The zero-order valence-corrected chi connectivity index (χ0v) is 20.5. The highest BCUT2D eigenvalue weighted by atomic mass is 35.5. The molecule has 0 fully saturated rings. The molecule has 0 spiro atoms. The maximum atomic E-state index is 11.8. The number of hydrogen-bond donors (Lipinski definition) is 1. The molecule has 3 aromatic carbocycles. The Kier molecular flexibility index (Phi) is 9.35. The van der Waals surface area contributed by atoms with Crippen molar-refractivity contribution in [1.82, 2.24) is 4.98 Å². The van der Waals surface area contributed by atoms with Crippen LogP contribution in [-0.2, 0) is 4.79 Å². The van der Waals surface area contributed by atoms with E-state index in [0.29, 0.717) is 29.4 Å².